The Labute approximate surface area is 130 Å². The van der Waals surface area contributed by atoms with Crippen LogP contribution < -0.4 is 0 Å². The zero-order chi connectivity index (χ0) is 15.4. The Kier molecular flexibility index (Phi) is 3.99. The van der Waals surface area contributed by atoms with Crippen LogP contribution in [0.25, 0.3) is 0 Å². The highest BCUT2D eigenvalue weighted by Crippen LogP contribution is 2.25. The van der Waals surface area contributed by atoms with Crippen molar-refractivity contribution in [3.63, 3.8) is 0 Å². The van der Waals surface area contributed by atoms with Gasteiger partial charge in [0.2, 0.25) is 5.71 Å². The number of benzene rings is 2. The number of aryl methyl sites for hydroxylation is 4. The second-order valence-corrected chi connectivity index (χ2v) is 5.46. The molecule has 22 heavy (non-hydrogen) atoms. The van der Waals surface area contributed by atoms with Crippen LogP contribution in [0.4, 0.5) is 5.69 Å². The van der Waals surface area contributed by atoms with Crippen molar-refractivity contribution < 1.29 is 0 Å². The third-order valence-electron chi connectivity index (χ3n) is 4.00. The van der Waals surface area contributed by atoms with E-state index >= 15 is 0 Å². The number of nitriles is 2. The third-order valence-corrected chi connectivity index (χ3v) is 4.00. The Morgan fingerprint density at radius 2 is 1.32 bits per heavy atom. The van der Waals surface area contributed by atoms with Crippen LogP contribution in [0.1, 0.15) is 22.3 Å². The Hall–Kier alpha value is -2.91. The first-order valence-corrected chi connectivity index (χ1v) is 7.37. The molecule has 2 aromatic rings. The first-order chi connectivity index (χ1) is 10.8. The highest BCUT2D eigenvalue weighted by molar-refractivity contribution is 6.11. The van der Waals surface area contributed by atoms with Crippen LogP contribution in [-0.4, -0.2) is 5.71 Å². The van der Waals surface area contributed by atoms with Crippen LogP contribution in [0.5, 0.6) is 0 Å². The van der Waals surface area contributed by atoms with Crippen molar-refractivity contribution in [2.24, 2.45) is 4.99 Å². The summed E-state index contributed by atoms with van der Waals surface area (Å²) in [6.07, 6.45) is 3.68. The summed E-state index contributed by atoms with van der Waals surface area (Å²) in [5, 5.41) is 17.9. The molecule has 4 bridgehead atoms. The second-order valence-electron chi connectivity index (χ2n) is 5.46. The van der Waals surface area contributed by atoms with E-state index in [1.807, 2.05) is 18.2 Å². The molecule has 0 aliphatic heterocycles. The monoisotopic (exact) mass is 285 g/mol. The zero-order valence-corrected chi connectivity index (χ0v) is 12.2. The van der Waals surface area contributed by atoms with Crippen molar-refractivity contribution in [1.82, 2.24) is 0 Å². The zero-order valence-electron chi connectivity index (χ0n) is 12.2. The molecule has 0 unspecified atom stereocenters. The standard InChI is InChI=1S/C19H15N3/c20-12-18(13-21)22-19-11-16-6-5-14-1-3-15(4-2-14)7-9-17(19)10-8-16/h1-4,8,10-11H,5-7,9H2. The van der Waals surface area contributed by atoms with Crippen LogP contribution >= 0.6 is 0 Å². The van der Waals surface area contributed by atoms with Gasteiger partial charge in [-0.3, -0.25) is 0 Å². The number of hydrogen-bond donors (Lipinski definition) is 0. The summed E-state index contributed by atoms with van der Waals surface area (Å²) in [4.78, 5) is 4.24. The van der Waals surface area contributed by atoms with Crippen molar-refractivity contribution in [2.75, 3.05) is 0 Å². The predicted octanol–water partition coefficient (Wildman–Crippen LogP) is 3.69. The lowest BCUT2D eigenvalue weighted by Crippen LogP contribution is -1.99. The lowest BCUT2D eigenvalue weighted by Gasteiger charge is -2.12. The fourth-order valence-electron chi connectivity index (χ4n) is 2.72. The van der Waals surface area contributed by atoms with Crippen LogP contribution in [0.3, 0.4) is 0 Å². The summed E-state index contributed by atoms with van der Waals surface area (Å²) in [6.45, 7) is 0. The van der Waals surface area contributed by atoms with E-state index in [0.717, 1.165) is 36.9 Å². The molecule has 0 atom stereocenters. The van der Waals surface area contributed by atoms with E-state index in [0.29, 0.717) is 0 Å². The van der Waals surface area contributed by atoms with Gasteiger partial charge < -0.3 is 0 Å². The van der Waals surface area contributed by atoms with Crippen LogP contribution in [0.2, 0.25) is 0 Å². The van der Waals surface area contributed by atoms with Gasteiger partial charge in [-0.15, -0.1) is 0 Å². The number of aliphatic imine (C=N–C) groups is 1. The van der Waals surface area contributed by atoms with Gasteiger partial charge in [-0.05, 0) is 54.0 Å². The van der Waals surface area contributed by atoms with Gasteiger partial charge in [0.1, 0.15) is 12.1 Å². The van der Waals surface area contributed by atoms with Gasteiger partial charge in [-0.1, -0.05) is 36.4 Å². The smallest absolute Gasteiger partial charge is 0.218 e. The maximum absolute atomic E-state index is 8.93. The topological polar surface area (TPSA) is 59.9 Å². The van der Waals surface area contributed by atoms with Crippen molar-refractivity contribution >= 4 is 11.4 Å². The third kappa shape index (κ3) is 3.05. The van der Waals surface area contributed by atoms with E-state index in [1.54, 1.807) is 0 Å². The molecular formula is C19H15N3. The van der Waals surface area contributed by atoms with Gasteiger partial charge >= 0.3 is 0 Å². The predicted molar refractivity (Wildman–Crippen MR) is 86.0 cm³/mol. The maximum atomic E-state index is 8.93. The summed E-state index contributed by atoms with van der Waals surface area (Å²) >= 11 is 0. The van der Waals surface area contributed by atoms with Crippen molar-refractivity contribution in [1.29, 1.82) is 10.5 Å². The molecule has 4 aliphatic carbocycles. The van der Waals surface area contributed by atoms with E-state index in [1.165, 1.54) is 16.7 Å². The summed E-state index contributed by atoms with van der Waals surface area (Å²) in [5.41, 5.74) is 5.55. The van der Waals surface area contributed by atoms with E-state index in [4.69, 9.17) is 10.5 Å². The van der Waals surface area contributed by atoms with Crippen molar-refractivity contribution in [2.45, 2.75) is 25.7 Å². The number of nitrogens with zero attached hydrogens (tertiary/aromatic N) is 3. The van der Waals surface area contributed by atoms with Crippen LogP contribution in [0.15, 0.2) is 47.5 Å². The highest BCUT2D eigenvalue weighted by atomic mass is 14.8. The van der Waals surface area contributed by atoms with Gasteiger partial charge in [0.05, 0.1) is 5.69 Å². The van der Waals surface area contributed by atoms with E-state index < -0.39 is 0 Å². The molecule has 0 aromatic heterocycles. The van der Waals surface area contributed by atoms with Gasteiger partial charge in [0.25, 0.3) is 0 Å². The summed E-state index contributed by atoms with van der Waals surface area (Å²) < 4.78 is 0. The van der Waals surface area contributed by atoms with E-state index in [-0.39, 0.29) is 5.71 Å². The van der Waals surface area contributed by atoms with Gasteiger partial charge in [-0.2, -0.15) is 10.5 Å². The molecule has 0 spiro atoms. The molecular weight excluding hydrogens is 270 g/mol. The Balaban J connectivity index is 2.03. The molecule has 2 aromatic carbocycles. The Bertz CT molecular complexity index is 786. The molecule has 0 saturated carbocycles. The molecule has 0 radical (unpaired) electrons. The second kappa shape index (κ2) is 6.24. The van der Waals surface area contributed by atoms with Crippen molar-refractivity contribution in [3.05, 3.63) is 64.7 Å². The maximum Gasteiger partial charge on any atom is 0.218 e. The highest BCUT2D eigenvalue weighted by Gasteiger charge is 2.08. The minimum absolute atomic E-state index is 0.0890. The Morgan fingerprint density at radius 3 is 1.95 bits per heavy atom. The van der Waals surface area contributed by atoms with E-state index in [2.05, 4.69) is 41.4 Å². The van der Waals surface area contributed by atoms with E-state index in [9.17, 15) is 0 Å². The number of hydrogen-bond acceptors (Lipinski definition) is 3. The average molecular weight is 285 g/mol. The normalized spacial score (nSPS) is 12.6. The molecule has 0 saturated heterocycles. The fraction of sp³-hybridized carbons (Fsp3) is 0.211. The lowest BCUT2D eigenvalue weighted by atomic mass is 9.95. The van der Waals surface area contributed by atoms with Gasteiger partial charge in [-0.25, -0.2) is 4.99 Å². The molecule has 0 heterocycles. The molecule has 3 nitrogen and oxygen atoms in total. The fourth-order valence-corrected chi connectivity index (χ4v) is 2.72. The Morgan fingerprint density at radius 1 is 0.773 bits per heavy atom. The van der Waals surface area contributed by atoms with Gasteiger partial charge in [0, 0.05) is 0 Å². The molecule has 0 amide bonds. The molecule has 0 N–H and O–H groups in total. The molecule has 0 fully saturated rings. The average Bonchev–Trinajstić information content (AvgIpc) is 2.55. The molecule has 6 rings (SSSR count). The summed E-state index contributed by atoms with van der Waals surface area (Å²) in [7, 11) is 0. The minimum atomic E-state index is -0.0890. The first kappa shape index (κ1) is 14.0. The largest absolute Gasteiger partial charge is 0.227 e. The lowest BCUT2D eigenvalue weighted by molar-refractivity contribution is 0.921. The minimum Gasteiger partial charge on any atom is -0.227 e. The van der Waals surface area contributed by atoms with Crippen LogP contribution in [0, 0.1) is 22.7 Å². The van der Waals surface area contributed by atoms with Gasteiger partial charge in [0.15, 0.2) is 0 Å². The summed E-state index contributed by atoms with van der Waals surface area (Å²) in [5.74, 6) is 0. The number of rotatable bonds is 1. The summed E-state index contributed by atoms with van der Waals surface area (Å²) in [6, 6.07) is 18.7. The quantitative estimate of drug-likeness (QED) is 0.750. The van der Waals surface area contributed by atoms with Crippen LogP contribution in [-0.2, 0) is 25.7 Å². The SMILES string of the molecule is N#CC(C#N)=Nc1cc2ccc1CCc1ccc(cc1)CC2. The molecule has 106 valence electrons. The van der Waals surface area contributed by atoms with Crippen molar-refractivity contribution in [3.8, 4) is 12.1 Å². The first-order valence-electron chi connectivity index (χ1n) is 7.37. The molecule has 3 heteroatoms. The molecule has 4 aliphatic rings.